The predicted octanol–water partition coefficient (Wildman–Crippen LogP) is 2.38. The van der Waals surface area contributed by atoms with Gasteiger partial charge in [-0.2, -0.15) is 4.98 Å². The molecule has 4 N–H and O–H groups in total. The van der Waals surface area contributed by atoms with Crippen molar-refractivity contribution < 1.29 is 4.74 Å². The third-order valence-electron chi connectivity index (χ3n) is 5.89. The summed E-state index contributed by atoms with van der Waals surface area (Å²) in [5.41, 5.74) is 10.4. The van der Waals surface area contributed by atoms with E-state index < -0.39 is 0 Å². The van der Waals surface area contributed by atoms with Crippen molar-refractivity contribution in [2.24, 2.45) is 0 Å². The summed E-state index contributed by atoms with van der Waals surface area (Å²) < 4.78 is 7.83. The number of hydrogen-bond donors (Lipinski definition) is 3. The molecule has 5 rings (SSSR count). The fraction of sp³-hybridized carbons (Fsp3) is 0.409. The van der Waals surface area contributed by atoms with Crippen LogP contribution in [-0.4, -0.2) is 45.3 Å². The van der Waals surface area contributed by atoms with Crippen LogP contribution in [0.5, 0.6) is 0 Å². The van der Waals surface area contributed by atoms with E-state index in [2.05, 4.69) is 54.4 Å². The summed E-state index contributed by atoms with van der Waals surface area (Å²) in [6, 6.07) is 8.57. The van der Waals surface area contributed by atoms with Gasteiger partial charge in [0.25, 0.3) is 0 Å². The Bertz CT molecular complexity index is 1020. The molecule has 30 heavy (non-hydrogen) atoms. The molecule has 1 fully saturated rings. The van der Waals surface area contributed by atoms with Crippen molar-refractivity contribution in [3.05, 3.63) is 59.3 Å². The van der Waals surface area contributed by atoms with Crippen LogP contribution in [0.1, 0.15) is 41.5 Å². The van der Waals surface area contributed by atoms with Crippen molar-refractivity contribution in [2.45, 2.75) is 38.3 Å². The van der Waals surface area contributed by atoms with E-state index in [9.17, 15) is 0 Å². The minimum Gasteiger partial charge on any atom is -0.376 e. The standard InChI is InChI=1S/C22H27N7O/c1-14-24-10-11-29(14)16-6-4-15(5-7-16)20-19-18(8-9-25-20)27-22(23)28-21(19)26-13-17-3-2-12-30-17/h4-7,10-11,17,20,25H,2-3,8-9,12-13H2,1H3,(H3,23,26,27,28). The summed E-state index contributed by atoms with van der Waals surface area (Å²) in [6.07, 6.45) is 7.04. The molecule has 2 aromatic heterocycles. The lowest BCUT2D eigenvalue weighted by Crippen LogP contribution is -2.33. The second-order valence-electron chi connectivity index (χ2n) is 7.88. The number of fused-ring (bicyclic) bond motifs is 1. The number of nitrogens with one attached hydrogen (secondary N) is 2. The SMILES string of the molecule is Cc1nccn1-c1ccc(C2NCCc3nc(N)nc(NCC4CCCO4)c32)cc1. The number of aryl methyl sites for hydroxylation is 1. The van der Waals surface area contributed by atoms with Gasteiger partial charge in [0.15, 0.2) is 0 Å². The lowest BCUT2D eigenvalue weighted by molar-refractivity contribution is 0.120. The monoisotopic (exact) mass is 405 g/mol. The van der Waals surface area contributed by atoms with Gasteiger partial charge in [0, 0.05) is 49.8 Å². The highest BCUT2D eigenvalue weighted by atomic mass is 16.5. The van der Waals surface area contributed by atoms with E-state index >= 15 is 0 Å². The first-order valence-corrected chi connectivity index (χ1v) is 10.5. The number of nitrogens with two attached hydrogens (primary N) is 1. The minimum atomic E-state index is 0.0132. The van der Waals surface area contributed by atoms with E-state index in [1.807, 2.05) is 19.3 Å². The molecule has 0 amide bonds. The molecule has 8 heteroatoms. The molecule has 156 valence electrons. The van der Waals surface area contributed by atoms with Crippen LogP contribution < -0.4 is 16.4 Å². The molecule has 1 aromatic carbocycles. The Morgan fingerprint density at radius 1 is 1.27 bits per heavy atom. The molecule has 3 aromatic rings. The highest BCUT2D eigenvalue weighted by Gasteiger charge is 2.28. The fourth-order valence-corrected chi connectivity index (χ4v) is 4.38. The summed E-state index contributed by atoms with van der Waals surface area (Å²) in [5.74, 6) is 2.09. The number of benzene rings is 1. The van der Waals surface area contributed by atoms with Gasteiger partial charge in [-0.15, -0.1) is 0 Å². The Hall–Kier alpha value is -2.97. The Morgan fingerprint density at radius 3 is 2.87 bits per heavy atom. The molecule has 2 unspecified atom stereocenters. The molecular formula is C22H27N7O. The van der Waals surface area contributed by atoms with Gasteiger partial charge in [0.1, 0.15) is 11.6 Å². The summed E-state index contributed by atoms with van der Waals surface area (Å²) in [4.78, 5) is 13.4. The van der Waals surface area contributed by atoms with Crippen molar-refractivity contribution in [1.82, 2.24) is 24.8 Å². The zero-order valence-electron chi connectivity index (χ0n) is 17.1. The number of aromatic nitrogens is 4. The molecule has 0 aliphatic carbocycles. The number of anilines is 2. The molecular weight excluding hydrogens is 378 g/mol. The van der Waals surface area contributed by atoms with Gasteiger partial charge in [0.2, 0.25) is 5.95 Å². The maximum absolute atomic E-state index is 6.02. The average Bonchev–Trinajstić information content (AvgIpc) is 3.43. The van der Waals surface area contributed by atoms with Crippen molar-refractivity contribution >= 4 is 11.8 Å². The smallest absolute Gasteiger partial charge is 0.222 e. The second-order valence-corrected chi connectivity index (χ2v) is 7.88. The molecule has 0 saturated carbocycles. The number of nitrogen functional groups attached to an aromatic ring is 1. The lowest BCUT2D eigenvalue weighted by Gasteiger charge is -2.29. The van der Waals surface area contributed by atoms with E-state index in [-0.39, 0.29) is 12.1 Å². The first kappa shape index (κ1) is 19.0. The van der Waals surface area contributed by atoms with Crippen molar-refractivity contribution in [2.75, 3.05) is 30.7 Å². The third kappa shape index (κ3) is 3.64. The third-order valence-corrected chi connectivity index (χ3v) is 5.89. The van der Waals surface area contributed by atoms with Crippen LogP contribution in [0.4, 0.5) is 11.8 Å². The molecule has 4 heterocycles. The molecule has 0 bridgehead atoms. The summed E-state index contributed by atoms with van der Waals surface area (Å²) in [6.45, 7) is 4.42. The van der Waals surface area contributed by atoms with Gasteiger partial charge in [-0.05, 0) is 37.5 Å². The van der Waals surface area contributed by atoms with Gasteiger partial charge in [-0.25, -0.2) is 9.97 Å². The fourth-order valence-electron chi connectivity index (χ4n) is 4.38. The zero-order valence-corrected chi connectivity index (χ0v) is 17.1. The van der Waals surface area contributed by atoms with Crippen LogP contribution >= 0.6 is 0 Å². The van der Waals surface area contributed by atoms with Crippen LogP contribution in [0.3, 0.4) is 0 Å². The number of imidazole rings is 1. The number of nitrogens with zero attached hydrogens (tertiary/aromatic N) is 4. The Morgan fingerprint density at radius 2 is 2.13 bits per heavy atom. The van der Waals surface area contributed by atoms with Gasteiger partial charge >= 0.3 is 0 Å². The average molecular weight is 406 g/mol. The molecule has 2 aliphatic heterocycles. The van der Waals surface area contributed by atoms with E-state index in [0.717, 1.165) is 67.5 Å². The van der Waals surface area contributed by atoms with E-state index in [1.165, 1.54) is 5.56 Å². The number of rotatable bonds is 5. The van der Waals surface area contributed by atoms with Crippen LogP contribution in [0.25, 0.3) is 5.69 Å². The molecule has 2 aliphatic rings. The first-order valence-electron chi connectivity index (χ1n) is 10.5. The van der Waals surface area contributed by atoms with Crippen molar-refractivity contribution in [1.29, 1.82) is 0 Å². The zero-order chi connectivity index (χ0) is 20.5. The largest absolute Gasteiger partial charge is 0.376 e. The summed E-state index contributed by atoms with van der Waals surface area (Å²) >= 11 is 0. The van der Waals surface area contributed by atoms with E-state index in [0.29, 0.717) is 5.95 Å². The highest BCUT2D eigenvalue weighted by Crippen LogP contribution is 2.33. The number of hydrogen-bond acceptors (Lipinski definition) is 7. The van der Waals surface area contributed by atoms with Crippen LogP contribution in [0.2, 0.25) is 0 Å². The Labute approximate surface area is 175 Å². The van der Waals surface area contributed by atoms with Crippen LogP contribution in [-0.2, 0) is 11.2 Å². The van der Waals surface area contributed by atoms with Crippen LogP contribution in [0, 0.1) is 6.92 Å². The molecule has 0 radical (unpaired) electrons. The molecule has 8 nitrogen and oxygen atoms in total. The van der Waals surface area contributed by atoms with Crippen molar-refractivity contribution in [3.8, 4) is 5.69 Å². The van der Waals surface area contributed by atoms with Gasteiger partial charge < -0.3 is 25.7 Å². The first-order chi connectivity index (χ1) is 14.7. The Kier molecular flexibility index (Phi) is 5.10. The highest BCUT2D eigenvalue weighted by molar-refractivity contribution is 5.56. The second kappa shape index (κ2) is 8.04. The quantitative estimate of drug-likeness (QED) is 0.599. The minimum absolute atomic E-state index is 0.0132. The molecule has 1 saturated heterocycles. The summed E-state index contributed by atoms with van der Waals surface area (Å²) in [7, 11) is 0. The Balaban J connectivity index is 1.45. The van der Waals surface area contributed by atoms with Gasteiger partial charge in [-0.3, -0.25) is 0 Å². The van der Waals surface area contributed by atoms with E-state index in [1.54, 1.807) is 0 Å². The summed E-state index contributed by atoms with van der Waals surface area (Å²) in [5, 5.41) is 7.12. The maximum Gasteiger partial charge on any atom is 0.222 e. The van der Waals surface area contributed by atoms with Gasteiger partial charge in [0.05, 0.1) is 17.8 Å². The maximum atomic E-state index is 6.02. The number of ether oxygens (including phenoxy) is 1. The van der Waals surface area contributed by atoms with Crippen LogP contribution in [0.15, 0.2) is 36.7 Å². The van der Waals surface area contributed by atoms with Gasteiger partial charge in [-0.1, -0.05) is 12.1 Å². The normalized spacial score (nSPS) is 20.8. The topological polar surface area (TPSA) is 103 Å². The molecule has 0 spiro atoms. The van der Waals surface area contributed by atoms with E-state index in [4.69, 9.17) is 10.5 Å². The molecule has 2 atom stereocenters. The lowest BCUT2D eigenvalue weighted by atomic mass is 9.93. The van der Waals surface area contributed by atoms with Crippen molar-refractivity contribution in [3.63, 3.8) is 0 Å². The predicted molar refractivity (Wildman–Crippen MR) is 116 cm³/mol.